The van der Waals surface area contributed by atoms with Gasteiger partial charge in [0.05, 0.1) is 30.1 Å². The van der Waals surface area contributed by atoms with Crippen LogP contribution in [0.2, 0.25) is 0 Å². The lowest BCUT2D eigenvalue weighted by Gasteiger charge is -2.23. The lowest BCUT2D eigenvalue weighted by atomic mass is 10.0. The van der Waals surface area contributed by atoms with Gasteiger partial charge in [0, 0.05) is 29.3 Å². The molecule has 7 rings (SSSR count). The number of pyridine rings is 2. The summed E-state index contributed by atoms with van der Waals surface area (Å²) in [4.78, 5) is 45.0. The number of nitrogens with zero attached hydrogens (tertiary/aromatic N) is 9. The minimum atomic E-state index is -1.40. The van der Waals surface area contributed by atoms with Crippen LogP contribution in [0.3, 0.4) is 0 Å². The van der Waals surface area contributed by atoms with E-state index in [1.807, 2.05) is 25.1 Å². The topological polar surface area (TPSA) is 179 Å². The number of aryl methyl sites for hydroxylation is 1. The molecule has 5 aromatic heterocycles. The molecule has 1 aromatic carbocycles. The van der Waals surface area contributed by atoms with Crippen molar-refractivity contribution < 1.29 is 18.8 Å². The van der Waals surface area contributed by atoms with Crippen molar-refractivity contribution >= 4 is 40.0 Å². The molecule has 0 spiro atoms. The van der Waals surface area contributed by atoms with Gasteiger partial charge < -0.3 is 16.0 Å². The Morgan fingerprint density at radius 3 is 2.70 bits per heavy atom. The highest BCUT2D eigenvalue weighted by atomic mass is 19.1. The fourth-order valence-electron chi connectivity index (χ4n) is 5.68. The number of likely N-dealkylation sites (tertiary alicyclic amines) is 1. The van der Waals surface area contributed by atoms with Crippen LogP contribution in [0, 0.1) is 6.92 Å². The van der Waals surface area contributed by atoms with Crippen LogP contribution < -0.4 is 11.1 Å². The Hall–Kier alpha value is -6.12. The van der Waals surface area contributed by atoms with Gasteiger partial charge in [-0.3, -0.25) is 23.5 Å². The lowest BCUT2D eigenvalue weighted by Crippen LogP contribution is -2.44. The second-order valence-corrected chi connectivity index (χ2v) is 11.0. The maximum atomic E-state index is 14.7. The average Bonchev–Trinajstić information content (AvgIpc) is 3.76. The summed E-state index contributed by atoms with van der Waals surface area (Å²) >= 11 is 0. The fourth-order valence-corrected chi connectivity index (χ4v) is 5.68. The number of alkyl halides is 1. The average molecular weight is 620 g/mol. The fraction of sp³-hybridized carbons (Fsp3) is 0.194. The molecule has 15 heteroatoms. The first-order valence-corrected chi connectivity index (χ1v) is 14.4. The molecule has 46 heavy (non-hydrogen) atoms. The number of rotatable bonds is 7. The van der Waals surface area contributed by atoms with E-state index in [0.717, 1.165) is 16.8 Å². The summed E-state index contributed by atoms with van der Waals surface area (Å²) in [6.07, 6.45) is 3.21. The summed E-state index contributed by atoms with van der Waals surface area (Å²) in [6, 6.07) is 14.8. The highest BCUT2D eigenvalue weighted by Gasteiger charge is 2.40. The molecule has 0 radical (unpaired) electrons. The molecular formula is C31H26FN11O3. The monoisotopic (exact) mass is 619 g/mol. The summed E-state index contributed by atoms with van der Waals surface area (Å²) < 4.78 is 17.8. The third-order valence-electron chi connectivity index (χ3n) is 7.85. The summed E-state index contributed by atoms with van der Waals surface area (Å²) in [5, 5.41) is 23.6. The van der Waals surface area contributed by atoms with Crippen molar-refractivity contribution in [3.05, 3.63) is 84.6 Å². The van der Waals surface area contributed by atoms with Crippen molar-refractivity contribution in [2.45, 2.75) is 32.1 Å². The molecule has 2 unspecified atom stereocenters. The van der Waals surface area contributed by atoms with Crippen molar-refractivity contribution in [1.29, 1.82) is 0 Å². The third-order valence-corrected chi connectivity index (χ3v) is 7.85. The van der Waals surface area contributed by atoms with Gasteiger partial charge in [-0.05, 0) is 55.0 Å². The minimum absolute atomic E-state index is 0.0182. The number of carbonyl (C=O) groups is 3. The predicted octanol–water partition coefficient (Wildman–Crippen LogP) is 2.58. The normalized spacial score (nSPS) is 16.3. The van der Waals surface area contributed by atoms with Crippen molar-refractivity contribution in [2.24, 2.45) is 5.73 Å². The van der Waals surface area contributed by atoms with Crippen LogP contribution in [0.4, 0.5) is 10.1 Å². The van der Waals surface area contributed by atoms with Gasteiger partial charge >= 0.3 is 0 Å². The first-order chi connectivity index (χ1) is 22.2. The van der Waals surface area contributed by atoms with Gasteiger partial charge in [0.2, 0.25) is 11.8 Å². The van der Waals surface area contributed by atoms with Crippen molar-refractivity contribution in [1.82, 2.24) is 44.5 Å². The van der Waals surface area contributed by atoms with E-state index in [9.17, 15) is 18.8 Å². The zero-order valence-electron chi connectivity index (χ0n) is 24.4. The number of hydrogen-bond acceptors (Lipinski definition) is 9. The van der Waals surface area contributed by atoms with E-state index in [1.54, 1.807) is 59.4 Å². The Morgan fingerprint density at radius 1 is 1.04 bits per heavy atom. The molecular weight excluding hydrogens is 593 g/mol. The first kappa shape index (κ1) is 28.6. The number of primary amides is 1. The van der Waals surface area contributed by atoms with Gasteiger partial charge in [-0.25, -0.2) is 9.37 Å². The molecule has 1 fully saturated rings. The van der Waals surface area contributed by atoms with Gasteiger partial charge in [-0.2, -0.15) is 15.3 Å². The highest BCUT2D eigenvalue weighted by Crippen LogP contribution is 2.28. The SMILES string of the molecule is Cc1cccc(-c2nnc3ccc(NC(=O)C4CC(F)CN4C(=O)Cn4nc(C(N)=O)c5cc(-c6ccnnc6)ccc54)cn23)n1. The van der Waals surface area contributed by atoms with Crippen LogP contribution >= 0.6 is 0 Å². The van der Waals surface area contributed by atoms with Gasteiger partial charge in [-0.15, -0.1) is 10.2 Å². The zero-order valence-corrected chi connectivity index (χ0v) is 24.4. The third kappa shape index (κ3) is 5.27. The smallest absolute Gasteiger partial charge is 0.269 e. The summed E-state index contributed by atoms with van der Waals surface area (Å²) in [5.41, 5.74) is 9.97. The van der Waals surface area contributed by atoms with Gasteiger partial charge in [0.25, 0.3) is 5.91 Å². The van der Waals surface area contributed by atoms with Crippen molar-refractivity contribution in [3.63, 3.8) is 0 Å². The number of nitrogens with two attached hydrogens (primary N) is 1. The molecule has 0 aliphatic carbocycles. The molecule has 3 amide bonds. The Labute approximate surface area is 260 Å². The molecule has 1 saturated heterocycles. The second-order valence-electron chi connectivity index (χ2n) is 11.0. The number of aromatic nitrogens is 8. The first-order valence-electron chi connectivity index (χ1n) is 14.4. The van der Waals surface area contributed by atoms with E-state index in [2.05, 4.69) is 35.8 Å². The standard InChI is InChI=1S/C31H26FN11O3/c1-17-3-2-4-23(36-17)30-39-38-26-8-6-21(15-42(26)30)37-31(46)25-12-20(32)14-41(25)27(44)16-43-24-7-5-18(19-9-10-34-35-13-19)11-22(24)28(40-43)29(33)45/h2-11,13,15,20,25H,12,14,16H2,1H3,(H2,33,45)(H,37,46). The number of fused-ring (bicyclic) bond motifs is 2. The van der Waals surface area contributed by atoms with E-state index in [4.69, 9.17) is 5.73 Å². The van der Waals surface area contributed by atoms with Gasteiger partial charge in [0.1, 0.15) is 24.5 Å². The van der Waals surface area contributed by atoms with E-state index < -0.39 is 29.9 Å². The van der Waals surface area contributed by atoms with Crippen molar-refractivity contribution in [2.75, 3.05) is 11.9 Å². The molecule has 14 nitrogen and oxygen atoms in total. The minimum Gasteiger partial charge on any atom is -0.364 e. The maximum Gasteiger partial charge on any atom is 0.269 e. The van der Waals surface area contributed by atoms with Crippen LogP contribution in [-0.2, 0) is 16.1 Å². The number of halogens is 1. The largest absolute Gasteiger partial charge is 0.364 e. The number of benzene rings is 1. The summed E-state index contributed by atoms with van der Waals surface area (Å²) in [5.74, 6) is -1.36. The predicted molar refractivity (Wildman–Crippen MR) is 164 cm³/mol. The number of amides is 3. The van der Waals surface area contributed by atoms with E-state index in [-0.39, 0.29) is 25.2 Å². The molecule has 0 saturated carbocycles. The van der Waals surface area contributed by atoms with E-state index in [0.29, 0.717) is 33.8 Å². The molecule has 230 valence electrons. The van der Waals surface area contributed by atoms with Crippen LogP contribution in [0.5, 0.6) is 0 Å². The molecule has 1 aliphatic rings. The zero-order chi connectivity index (χ0) is 31.9. The van der Waals surface area contributed by atoms with Crippen LogP contribution in [0.1, 0.15) is 22.6 Å². The maximum absolute atomic E-state index is 14.7. The van der Waals surface area contributed by atoms with Gasteiger partial charge in [-0.1, -0.05) is 12.1 Å². The molecule has 1 aliphatic heterocycles. The summed E-state index contributed by atoms with van der Waals surface area (Å²) in [6.45, 7) is 1.27. The Balaban J connectivity index is 1.13. The molecule has 2 atom stereocenters. The van der Waals surface area contributed by atoms with E-state index in [1.165, 1.54) is 9.58 Å². The Kier molecular flexibility index (Phi) is 7.11. The molecule has 6 aromatic rings. The van der Waals surface area contributed by atoms with Gasteiger partial charge in [0.15, 0.2) is 17.2 Å². The number of carbonyl (C=O) groups excluding carboxylic acids is 3. The molecule has 6 heterocycles. The quantitative estimate of drug-likeness (QED) is 0.272. The molecule has 0 bridgehead atoms. The highest BCUT2D eigenvalue weighted by molar-refractivity contribution is 6.05. The number of nitrogens with one attached hydrogen (secondary N) is 1. The number of anilines is 1. The van der Waals surface area contributed by atoms with E-state index >= 15 is 0 Å². The van der Waals surface area contributed by atoms with Crippen LogP contribution in [0.15, 0.2) is 73.2 Å². The summed E-state index contributed by atoms with van der Waals surface area (Å²) in [7, 11) is 0. The second kappa shape index (κ2) is 11.4. The number of hydrogen-bond donors (Lipinski definition) is 2. The van der Waals surface area contributed by atoms with Crippen LogP contribution in [0.25, 0.3) is 39.2 Å². The van der Waals surface area contributed by atoms with Crippen LogP contribution in [-0.4, -0.2) is 80.9 Å². The van der Waals surface area contributed by atoms with Crippen molar-refractivity contribution in [3.8, 4) is 22.6 Å². The lowest BCUT2D eigenvalue weighted by molar-refractivity contribution is -0.137. The Bertz CT molecular complexity index is 2150. The molecule has 3 N–H and O–H groups in total. The Morgan fingerprint density at radius 2 is 1.91 bits per heavy atom.